The topological polar surface area (TPSA) is 63.3 Å². The Labute approximate surface area is 103 Å². The maximum Gasteiger partial charge on any atom is 0.306 e. The molecule has 1 aromatic carbocycles. The van der Waals surface area contributed by atoms with E-state index in [2.05, 4.69) is 0 Å². The van der Waals surface area contributed by atoms with Crippen molar-refractivity contribution in [2.24, 2.45) is 11.7 Å². The Bertz CT molecular complexity index is 448. The normalized spacial score (nSPS) is 23.9. The first-order chi connectivity index (χ1) is 7.50. The fourth-order valence-electron chi connectivity index (χ4n) is 2.11. The van der Waals surface area contributed by atoms with Crippen LogP contribution in [0.4, 0.5) is 0 Å². The number of carbonyl (C=O) groups is 1. The molecule has 3 N–H and O–H groups in total. The zero-order valence-corrected chi connectivity index (χ0v) is 9.92. The lowest BCUT2D eigenvalue weighted by Gasteiger charge is -2.28. The van der Waals surface area contributed by atoms with Gasteiger partial charge in [-0.2, -0.15) is 0 Å². The Morgan fingerprint density at radius 2 is 2.12 bits per heavy atom. The van der Waals surface area contributed by atoms with Crippen molar-refractivity contribution in [2.75, 3.05) is 0 Å². The zero-order chi connectivity index (χ0) is 11.9. The molecular weight excluding hydrogens is 249 g/mol. The summed E-state index contributed by atoms with van der Waals surface area (Å²) in [5.74, 6) is -1.31. The average Bonchev–Trinajstić information content (AvgIpc) is 2.23. The standard InChI is InChI=1S/C11H11Cl2NO2/c12-8-2-1-6-7(10(8)13)3-5(11(15)16)4-9(6)14/h1-2,5,9H,3-4,14H2,(H,15,16)/t5-,9-/m1/s1. The lowest BCUT2D eigenvalue weighted by Crippen LogP contribution is -2.29. The summed E-state index contributed by atoms with van der Waals surface area (Å²) < 4.78 is 0. The van der Waals surface area contributed by atoms with Crippen LogP contribution in [0.25, 0.3) is 0 Å². The molecule has 16 heavy (non-hydrogen) atoms. The molecule has 1 aliphatic carbocycles. The number of nitrogens with two attached hydrogens (primary N) is 1. The van der Waals surface area contributed by atoms with Gasteiger partial charge in [0.1, 0.15) is 0 Å². The minimum absolute atomic E-state index is 0.278. The van der Waals surface area contributed by atoms with Crippen molar-refractivity contribution in [1.29, 1.82) is 0 Å². The molecule has 0 amide bonds. The quantitative estimate of drug-likeness (QED) is 0.815. The number of hydrogen-bond donors (Lipinski definition) is 2. The van der Waals surface area contributed by atoms with Gasteiger partial charge in [0.05, 0.1) is 16.0 Å². The van der Waals surface area contributed by atoms with Crippen LogP contribution in [0, 0.1) is 5.92 Å². The lowest BCUT2D eigenvalue weighted by molar-refractivity contribution is -0.142. The van der Waals surface area contributed by atoms with Crippen molar-refractivity contribution in [1.82, 2.24) is 0 Å². The summed E-state index contributed by atoms with van der Waals surface area (Å²) >= 11 is 12.0. The van der Waals surface area contributed by atoms with Crippen LogP contribution in [0.2, 0.25) is 10.0 Å². The first kappa shape index (κ1) is 11.7. The van der Waals surface area contributed by atoms with Gasteiger partial charge in [0.2, 0.25) is 0 Å². The second kappa shape index (κ2) is 4.24. The van der Waals surface area contributed by atoms with E-state index in [9.17, 15) is 4.79 Å². The monoisotopic (exact) mass is 259 g/mol. The molecule has 0 aliphatic heterocycles. The highest BCUT2D eigenvalue weighted by Gasteiger charge is 2.30. The van der Waals surface area contributed by atoms with Crippen molar-refractivity contribution < 1.29 is 9.90 Å². The fourth-order valence-corrected chi connectivity index (χ4v) is 2.54. The molecule has 0 fully saturated rings. The third-order valence-corrected chi connectivity index (χ3v) is 3.81. The first-order valence-electron chi connectivity index (χ1n) is 4.96. The Kier molecular flexibility index (Phi) is 3.10. The third kappa shape index (κ3) is 1.90. The van der Waals surface area contributed by atoms with Crippen LogP contribution in [0.3, 0.4) is 0 Å². The number of hydrogen-bond acceptors (Lipinski definition) is 2. The molecule has 86 valence electrons. The highest BCUT2D eigenvalue weighted by molar-refractivity contribution is 6.42. The number of halogens is 2. The fraction of sp³-hybridized carbons (Fsp3) is 0.364. The molecule has 5 heteroatoms. The van der Waals surface area contributed by atoms with Crippen LogP contribution < -0.4 is 5.73 Å². The highest BCUT2D eigenvalue weighted by Crippen LogP contribution is 2.38. The second-order valence-corrected chi connectivity index (χ2v) is 4.80. The number of rotatable bonds is 1. The second-order valence-electron chi connectivity index (χ2n) is 4.01. The Hall–Kier alpha value is -0.770. The molecule has 0 bridgehead atoms. The summed E-state index contributed by atoms with van der Waals surface area (Å²) in [6, 6.07) is 3.25. The van der Waals surface area contributed by atoms with E-state index < -0.39 is 11.9 Å². The van der Waals surface area contributed by atoms with E-state index in [0.29, 0.717) is 22.9 Å². The van der Waals surface area contributed by atoms with E-state index in [1.54, 1.807) is 6.07 Å². The van der Waals surface area contributed by atoms with Crippen LogP contribution >= 0.6 is 23.2 Å². The van der Waals surface area contributed by atoms with Crippen molar-refractivity contribution in [2.45, 2.75) is 18.9 Å². The number of fused-ring (bicyclic) bond motifs is 1. The van der Waals surface area contributed by atoms with Crippen molar-refractivity contribution in [3.8, 4) is 0 Å². The Morgan fingerprint density at radius 3 is 2.75 bits per heavy atom. The van der Waals surface area contributed by atoms with Gasteiger partial charge in [-0.25, -0.2) is 0 Å². The first-order valence-corrected chi connectivity index (χ1v) is 5.71. The number of carboxylic acids is 1. The molecule has 0 saturated heterocycles. The van der Waals surface area contributed by atoms with Gasteiger partial charge in [-0.05, 0) is 30.0 Å². The van der Waals surface area contributed by atoms with Gasteiger partial charge in [-0.3, -0.25) is 4.79 Å². The van der Waals surface area contributed by atoms with E-state index >= 15 is 0 Å². The number of carboxylic acid groups (broad SMARTS) is 1. The van der Waals surface area contributed by atoms with Gasteiger partial charge in [0.25, 0.3) is 0 Å². The third-order valence-electron chi connectivity index (χ3n) is 2.97. The Balaban J connectivity index is 2.47. The maximum atomic E-state index is 11.0. The predicted molar refractivity (Wildman–Crippen MR) is 62.8 cm³/mol. The highest BCUT2D eigenvalue weighted by atomic mass is 35.5. The summed E-state index contributed by atoms with van der Waals surface area (Å²) in [6.07, 6.45) is 0.845. The zero-order valence-electron chi connectivity index (χ0n) is 8.41. The van der Waals surface area contributed by atoms with Crippen LogP contribution in [0.15, 0.2) is 12.1 Å². The maximum absolute atomic E-state index is 11.0. The molecule has 2 rings (SSSR count). The van der Waals surface area contributed by atoms with E-state index in [-0.39, 0.29) is 6.04 Å². The van der Waals surface area contributed by atoms with Gasteiger partial charge in [0.15, 0.2) is 0 Å². The van der Waals surface area contributed by atoms with Crippen LogP contribution in [0.5, 0.6) is 0 Å². The van der Waals surface area contributed by atoms with E-state index in [1.807, 2.05) is 6.07 Å². The smallest absolute Gasteiger partial charge is 0.306 e. The van der Waals surface area contributed by atoms with Crippen LogP contribution in [0.1, 0.15) is 23.6 Å². The van der Waals surface area contributed by atoms with E-state index in [1.165, 1.54) is 0 Å². The van der Waals surface area contributed by atoms with Crippen LogP contribution in [-0.2, 0) is 11.2 Å². The van der Waals surface area contributed by atoms with Crippen molar-refractivity contribution in [3.05, 3.63) is 33.3 Å². The van der Waals surface area contributed by atoms with Crippen molar-refractivity contribution >= 4 is 29.2 Å². The number of aliphatic carboxylic acids is 1. The molecule has 0 unspecified atom stereocenters. The van der Waals surface area contributed by atoms with Gasteiger partial charge in [-0.15, -0.1) is 0 Å². The summed E-state index contributed by atoms with van der Waals surface area (Å²) in [6.45, 7) is 0. The molecule has 0 heterocycles. The predicted octanol–water partition coefficient (Wildman–Crippen LogP) is 2.64. The van der Waals surface area contributed by atoms with E-state index in [0.717, 1.165) is 11.1 Å². The lowest BCUT2D eigenvalue weighted by atomic mass is 9.81. The molecule has 0 radical (unpaired) electrons. The van der Waals surface area contributed by atoms with Gasteiger partial charge in [-0.1, -0.05) is 29.3 Å². The largest absolute Gasteiger partial charge is 0.481 e. The summed E-state index contributed by atoms with van der Waals surface area (Å²) in [7, 11) is 0. The summed E-state index contributed by atoms with van der Waals surface area (Å²) in [5, 5.41) is 9.88. The molecule has 0 aromatic heterocycles. The molecule has 1 aliphatic rings. The van der Waals surface area contributed by atoms with E-state index in [4.69, 9.17) is 34.0 Å². The SMILES string of the molecule is N[C@@H]1C[C@H](C(=O)O)Cc2c1ccc(Cl)c2Cl. The minimum atomic E-state index is -0.836. The molecule has 0 saturated carbocycles. The molecular formula is C11H11Cl2NO2. The Morgan fingerprint density at radius 1 is 1.44 bits per heavy atom. The average molecular weight is 260 g/mol. The molecule has 1 aromatic rings. The summed E-state index contributed by atoms with van der Waals surface area (Å²) in [4.78, 5) is 11.0. The molecule has 3 nitrogen and oxygen atoms in total. The van der Waals surface area contributed by atoms with Crippen molar-refractivity contribution in [3.63, 3.8) is 0 Å². The molecule has 2 atom stereocenters. The number of benzene rings is 1. The van der Waals surface area contributed by atoms with Crippen LogP contribution in [-0.4, -0.2) is 11.1 Å². The molecule has 0 spiro atoms. The summed E-state index contributed by atoms with van der Waals surface area (Å²) in [5.41, 5.74) is 7.62. The van der Waals surface area contributed by atoms with Gasteiger partial charge in [0, 0.05) is 6.04 Å². The van der Waals surface area contributed by atoms with Gasteiger partial charge < -0.3 is 10.8 Å². The minimum Gasteiger partial charge on any atom is -0.481 e. The van der Waals surface area contributed by atoms with Gasteiger partial charge >= 0.3 is 5.97 Å².